The van der Waals surface area contributed by atoms with Gasteiger partial charge in [0, 0.05) is 19.2 Å². The first-order chi connectivity index (χ1) is 9.17. The number of hydrogen-bond acceptors (Lipinski definition) is 3. The third-order valence-corrected chi connectivity index (χ3v) is 3.47. The Labute approximate surface area is 113 Å². The first-order valence-electron chi connectivity index (χ1n) is 6.82. The zero-order chi connectivity index (χ0) is 13.7. The lowest BCUT2D eigenvalue weighted by molar-refractivity contribution is -0.136. The predicted molar refractivity (Wildman–Crippen MR) is 73.1 cm³/mol. The number of aliphatic carboxylic acids is 1. The molecule has 1 fully saturated rings. The lowest BCUT2D eigenvalue weighted by Crippen LogP contribution is -2.45. The van der Waals surface area contributed by atoms with Crippen LogP contribution in [0.15, 0.2) is 24.3 Å². The fourth-order valence-corrected chi connectivity index (χ4v) is 2.32. The number of benzene rings is 1. The van der Waals surface area contributed by atoms with Crippen LogP contribution in [-0.2, 0) is 22.5 Å². The lowest BCUT2D eigenvalue weighted by atomic mass is 9.89. The van der Waals surface area contributed by atoms with Gasteiger partial charge in [-0.05, 0) is 30.9 Å². The molecule has 0 saturated heterocycles. The Morgan fingerprint density at radius 2 is 1.95 bits per heavy atom. The fraction of sp³-hybridized carbons (Fsp3) is 0.533. The lowest BCUT2D eigenvalue weighted by Gasteiger charge is -2.35. The summed E-state index contributed by atoms with van der Waals surface area (Å²) < 4.78 is 5.52. The Morgan fingerprint density at radius 3 is 2.53 bits per heavy atom. The van der Waals surface area contributed by atoms with Gasteiger partial charge in [-0.3, -0.25) is 4.79 Å². The highest BCUT2D eigenvalue weighted by Gasteiger charge is 2.28. The van der Waals surface area contributed by atoms with E-state index in [-0.39, 0.29) is 6.42 Å². The summed E-state index contributed by atoms with van der Waals surface area (Å²) in [5, 5.41) is 12.2. The van der Waals surface area contributed by atoms with Crippen molar-refractivity contribution in [1.82, 2.24) is 5.32 Å². The van der Waals surface area contributed by atoms with E-state index in [0.29, 0.717) is 12.1 Å². The summed E-state index contributed by atoms with van der Waals surface area (Å²) in [4.78, 5) is 10.6. The van der Waals surface area contributed by atoms with Crippen molar-refractivity contribution < 1.29 is 14.6 Å². The average molecular weight is 263 g/mol. The van der Waals surface area contributed by atoms with Gasteiger partial charge in [0.05, 0.1) is 12.5 Å². The quantitative estimate of drug-likeness (QED) is 0.789. The molecule has 2 rings (SSSR count). The van der Waals surface area contributed by atoms with E-state index in [1.165, 1.54) is 5.56 Å². The topological polar surface area (TPSA) is 58.6 Å². The number of rotatable bonds is 7. The van der Waals surface area contributed by atoms with Crippen LogP contribution in [0.4, 0.5) is 0 Å². The minimum absolute atomic E-state index is 0.0897. The fourth-order valence-electron chi connectivity index (χ4n) is 2.32. The number of ether oxygens (including phenoxy) is 1. The van der Waals surface area contributed by atoms with Crippen molar-refractivity contribution in [2.75, 3.05) is 6.61 Å². The van der Waals surface area contributed by atoms with Gasteiger partial charge in [-0.15, -0.1) is 0 Å². The second kappa shape index (κ2) is 6.68. The van der Waals surface area contributed by atoms with Crippen molar-refractivity contribution in [1.29, 1.82) is 0 Å². The zero-order valence-electron chi connectivity index (χ0n) is 11.3. The van der Waals surface area contributed by atoms with Gasteiger partial charge in [0.2, 0.25) is 0 Å². The SMILES string of the molecule is CCOC1CC(NCc2ccc(CC(=O)O)cc2)C1. The first-order valence-corrected chi connectivity index (χ1v) is 6.82. The van der Waals surface area contributed by atoms with Crippen LogP contribution in [0, 0.1) is 0 Å². The van der Waals surface area contributed by atoms with Gasteiger partial charge in [-0.2, -0.15) is 0 Å². The van der Waals surface area contributed by atoms with Crippen LogP contribution < -0.4 is 5.32 Å². The van der Waals surface area contributed by atoms with Gasteiger partial charge in [0.15, 0.2) is 0 Å². The molecule has 0 heterocycles. The third-order valence-electron chi connectivity index (χ3n) is 3.47. The molecule has 0 bridgehead atoms. The highest BCUT2D eigenvalue weighted by Crippen LogP contribution is 2.23. The molecule has 1 saturated carbocycles. The average Bonchev–Trinajstić information content (AvgIpc) is 2.33. The molecule has 0 amide bonds. The molecule has 1 aliphatic carbocycles. The molecule has 1 aromatic rings. The molecule has 2 N–H and O–H groups in total. The Bertz CT molecular complexity index is 410. The van der Waals surface area contributed by atoms with E-state index < -0.39 is 5.97 Å². The van der Waals surface area contributed by atoms with Gasteiger partial charge in [-0.1, -0.05) is 24.3 Å². The minimum atomic E-state index is -0.790. The van der Waals surface area contributed by atoms with E-state index in [2.05, 4.69) is 5.32 Å². The molecule has 4 nitrogen and oxygen atoms in total. The Kier molecular flexibility index (Phi) is 4.93. The highest BCUT2D eigenvalue weighted by molar-refractivity contribution is 5.70. The predicted octanol–water partition coefficient (Wildman–Crippen LogP) is 1.97. The summed E-state index contributed by atoms with van der Waals surface area (Å²) in [5.74, 6) is -0.790. The summed E-state index contributed by atoms with van der Waals surface area (Å²) >= 11 is 0. The maximum Gasteiger partial charge on any atom is 0.307 e. The Balaban J connectivity index is 1.70. The van der Waals surface area contributed by atoms with Crippen LogP contribution in [0.2, 0.25) is 0 Å². The summed E-state index contributed by atoms with van der Waals surface area (Å²) in [6, 6.07) is 8.30. The van der Waals surface area contributed by atoms with Crippen LogP contribution in [-0.4, -0.2) is 29.8 Å². The van der Waals surface area contributed by atoms with Crippen LogP contribution in [0.25, 0.3) is 0 Å². The summed E-state index contributed by atoms with van der Waals surface area (Å²) in [6.45, 7) is 3.65. The number of nitrogens with one attached hydrogen (secondary N) is 1. The van der Waals surface area contributed by atoms with Gasteiger partial charge in [0.25, 0.3) is 0 Å². The van der Waals surface area contributed by atoms with Crippen molar-refractivity contribution in [3.63, 3.8) is 0 Å². The number of carboxylic acid groups (broad SMARTS) is 1. The minimum Gasteiger partial charge on any atom is -0.481 e. The molecular weight excluding hydrogens is 242 g/mol. The van der Waals surface area contributed by atoms with E-state index in [1.54, 1.807) is 0 Å². The van der Waals surface area contributed by atoms with E-state index in [9.17, 15) is 4.79 Å². The van der Waals surface area contributed by atoms with E-state index in [4.69, 9.17) is 9.84 Å². The zero-order valence-corrected chi connectivity index (χ0v) is 11.3. The van der Waals surface area contributed by atoms with Crippen molar-refractivity contribution in [2.45, 2.75) is 44.9 Å². The largest absolute Gasteiger partial charge is 0.481 e. The van der Waals surface area contributed by atoms with Crippen LogP contribution in [0.1, 0.15) is 30.9 Å². The van der Waals surface area contributed by atoms with Crippen LogP contribution in [0.3, 0.4) is 0 Å². The summed E-state index contributed by atoms with van der Waals surface area (Å²) in [6.07, 6.45) is 2.70. The second-order valence-electron chi connectivity index (χ2n) is 5.01. The van der Waals surface area contributed by atoms with Gasteiger partial charge in [-0.25, -0.2) is 0 Å². The van der Waals surface area contributed by atoms with Crippen molar-refractivity contribution in [2.24, 2.45) is 0 Å². The molecular formula is C15H21NO3. The van der Waals surface area contributed by atoms with Crippen LogP contribution >= 0.6 is 0 Å². The summed E-state index contributed by atoms with van der Waals surface area (Å²) in [5.41, 5.74) is 2.03. The molecule has 19 heavy (non-hydrogen) atoms. The molecule has 1 aliphatic rings. The molecule has 1 aromatic carbocycles. The van der Waals surface area contributed by atoms with E-state index >= 15 is 0 Å². The maximum absolute atomic E-state index is 10.6. The van der Waals surface area contributed by atoms with Crippen molar-refractivity contribution in [3.05, 3.63) is 35.4 Å². The standard InChI is InChI=1S/C15H21NO3/c1-2-19-14-8-13(9-14)16-10-12-5-3-11(4-6-12)7-15(17)18/h3-6,13-14,16H,2,7-10H2,1H3,(H,17,18). The smallest absolute Gasteiger partial charge is 0.307 e. The maximum atomic E-state index is 10.6. The van der Waals surface area contributed by atoms with Crippen molar-refractivity contribution in [3.8, 4) is 0 Å². The van der Waals surface area contributed by atoms with Gasteiger partial charge in [0.1, 0.15) is 0 Å². The number of hydrogen-bond donors (Lipinski definition) is 2. The number of carboxylic acids is 1. The molecule has 4 heteroatoms. The summed E-state index contributed by atoms with van der Waals surface area (Å²) in [7, 11) is 0. The monoisotopic (exact) mass is 263 g/mol. The normalized spacial score (nSPS) is 21.9. The molecule has 0 aliphatic heterocycles. The first kappa shape index (κ1) is 14.0. The third kappa shape index (κ3) is 4.33. The Morgan fingerprint density at radius 1 is 1.32 bits per heavy atom. The van der Waals surface area contributed by atoms with Gasteiger partial charge < -0.3 is 15.2 Å². The number of carbonyl (C=O) groups is 1. The molecule has 0 aromatic heterocycles. The second-order valence-corrected chi connectivity index (χ2v) is 5.01. The van der Waals surface area contributed by atoms with Crippen LogP contribution in [0.5, 0.6) is 0 Å². The van der Waals surface area contributed by atoms with Gasteiger partial charge >= 0.3 is 5.97 Å². The van der Waals surface area contributed by atoms with E-state index in [1.807, 2.05) is 31.2 Å². The highest BCUT2D eigenvalue weighted by atomic mass is 16.5. The molecule has 0 spiro atoms. The molecule has 0 atom stereocenters. The Hall–Kier alpha value is -1.39. The van der Waals surface area contributed by atoms with Crippen molar-refractivity contribution >= 4 is 5.97 Å². The van der Waals surface area contributed by atoms with E-state index in [0.717, 1.165) is 31.6 Å². The molecule has 0 unspecified atom stereocenters. The molecule has 0 radical (unpaired) electrons. The molecule has 104 valence electrons.